The zero-order valence-corrected chi connectivity index (χ0v) is 8.27. The van der Waals surface area contributed by atoms with Crippen LogP contribution >= 0.6 is 0 Å². The summed E-state index contributed by atoms with van der Waals surface area (Å²) in [5.41, 5.74) is 1.70. The minimum absolute atomic E-state index is 0.207. The number of aliphatic hydroxyl groups is 1. The third-order valence-corrected chi connectivity index (χ3v) is 2.10. The van der Waals surface area contributed by atoms with Crippen molar-refractivity contribution < 1.29 is 5.11 Å². The maximum atomic E-state index is 8.61. The quantitative estimate of drug-likeness (QED) is 0.689. The van der Waals surface area contributed by atoms with Gasteiger partial charge in [0.1, 0.15) is 0 Å². The highest BCUT2D eigenvalue weighted by atomic mass is 16.2. The molecule has 0 atom stereocenters. The molecule has 0 unspecified atom stereocenters. The van der Waals surface area contributed by atoms with Gasteiger partial charge >= 0.3 is 0 Å². The molecule has 5 heteroatoms. The van der Waals surface area contributed by atoms with Crippen LogP contribution in [0.3, 0.4) is 0 Å². The maximum Gasteiger partial charge on any atom is 0.0996 e. The standard InChI is InChI=1S/C9H14N4O/c1-8-9(4-5-10)11-12-13(8)6-2-3-7-14/h14H,2-4,6-7H2,1H3. The van der Waals surface area contributed by atoms with E-state index in [1.807, 2.05) is 13.0 Å². The monoisotopic (exact) mass is 194 g/mol. The lowest BCUT2D eigenvalue weighted by molar-refractivity contribution is 0.279. The number of aryl methyl sites for hydroxylation is 1. The molecule has 0 aliphatic rings. The molecular formula is C9H14N4O. The molecule has 14 heavy (non-hydrogen) atoms. The first-order valence-electron chi connectivity index (χ1n) is 4.66. The van der Waals surface area contributed by atoms with Crippen LogP contribution in [0.4, 0.5) is 0 Å². The van der Waals surface area contributed by atoms with Crippen molar-refractivity contribution in [2.24, 2.45) is 0 Å². The van der Waals surface area contributed by atoms with Gasteiger partial charge in [-0.2, -0.15) is 5.26 Å². The molecule has 76 valence electrons. The number of nitrogens with zero attached hydrogens (tertiary/aromatic N) is 4. The highest BCUT2D eigenvalue weighted by molar-refractivity contribution is 5.11. The normalized spacial score (nSPS) is 10.1. The molecule has 0 saturated carbocycles. The van der Waals surface area contributed by atoms with E-state index in [0.29, 0.717) is 6.42 Å². The van der Waals surface area contributed by atoms with Crippen molar-refractivity contribution >= 4 is 0 Å². The minimum atomic E-state index is 0.207. The molecule has 1 N–H and O–H groups in total. The van der Waals surface area contributed by atoms with E-state index >= 15 is 0 Å². The number of unbranched alkanes of at least 4 members (excludes halogenated alkanes) is 1. The van der Waals surface area contributed by atoms with E-state index in [4.69, 9.17) is 10.4 Å². The van der Waals surface area contributed by atoms with Crippen LogP contribution in [0, 0.1) is 18.3 Å². The number of rotatable bonds is 5. The van der Waals surface area contributed by atoms with E-state index < -0.39 is 0 Å². The summed E-state index contributed by atoms with van der Waals surface area (Å²) in [6.07, 6.45) is 1.96. The summed E-state index contributed by atoms with van der Waals surface area (Å²) in [4.78, 5) is 0. The molecule has 1 aromatic heterocycles. The van der Waals surface area contributed by atoms with Crippen LogP contribution in [0.25, 0.3) is 0 Å². The molecule has 0 amide bonds. The smallest absolute Gasteiger partial charge is 0.0996 e. The van der Waals surface area contributed by atoms with Gasteiger partial charge in [-0.1, -0.05) is 5.21 Å². The maximum absolute atomic E-state index is 8.61. The summed E-state index contributed by atoms with van der Waals surface area (Å²) in [5.74, 6) is 0. The van der Waals surface area contributed by atoms with Crippen LogP contribution < -0.4 is 0 Å². The van der Waals surface area contributed by atoms with Crippen molar-refractivity contribution in [2.45, 2.75) is 32.7 Å². The molecular weight excluding hydrogens is 180 g/mol. The zero-order chi connectivity index (χ0) is 10.4. The Kier molecular flexibility index (Phi) is 4.08. The average Bonchev–Trinajstić information content (AvgIpc) is 2.51. The van der Waals surface area contributed by atoms with Crippen LogP contribution in [0.1, 0.15) is 24.2 Å². The fraction of sp³-hybridized carbons (Fsp3) is 0.667. The highest BCUT2D eigenvalue weighted by Crippen LogP contribution is 2.05. The van der Waals surface area contributed by atoms with E-state index in [1.165, 1.54) is 0 Å². The first kappa shape index (κ1) is 10.7. The van der Waals surface area contributed by atoms with Gasteiger partial charge in [0, 0.05) is 13.2 Å². The summed E-state index contributed by atoms with van der Waals surface area (Å²) in [7, 11) is 0. The molecule has 5 nitrogen and oxygen atoms in total. The van der Waals surface area contributed by atoms with Crippen molar-refractivity contribution in [3.8, 4) is 6.07 Å². The van der Waals surface area contributed by atoms with E-state index in [2.05, 4.69) is 10.3 Å². The van der Waals surface area contributed by atoms with Crippen LogP contribution in [-0.2, 0) is 13.0 Å². The third-order valence-electron chi connectivity index (χ3n) is 2.10. The van der Waals surface area contributed by atoms with Crippen molar-refractivity contribution in [3.63, 3.8) is 0 Å². The summed E-state index contributed by atoms with van der Waals surface area (Å²) in [6, 6.07) is 2.05. The van der Waals surface area contributed by atoms with E-state index in [-0.39, 0.29) is 6.61 Å². The largest absolute Gasteiger partial charge is 0.396 e. The molecule has 0 fully saturated rings. The lowest BCUT2D eigenvalue weighted by atomic mass is 10.2. The van der Waals surface area contributed by atoms with Crippen molar-refractivity contribution in [2.75, 3.05) is 6.61 Å². The van der Waals surface area contributed by atoms with E-state index in [1.54, 1.807) is 4.68 Å². The van der Waals surface area contributed by atoms with Crippen LogP contribution in [-0.4, -0.2) is 26.7 Å². The van der Waals surface area contributed by atoms with Gasteiger partial charge in [-0.05, 0) is 19.8 Å². The molecule has 1 aromatic rings. The predicted octanol–water partition coefficient (Wildman–Crippen LogP) is 0.425. The lowest BCUT2D eigenvalue weighted by Crippen LogP contribution is -2.03. The molecule has 0 spiro atoms. The van der Waals surface area contributed by atoms with Crippen molar-refractivity contribution in [1.82, 2.24) is 15.0 Å². The molecule has 0 bridgehead atoms. The molecule has 1 rings (SSSR count). The summed E-state index contributed by atoms with van der Waals surface area (Å²) >= 11 is 0. The Bertz CT molecular complexity index is 326. The Hall–Kier alpha value is -1.41. The second-order valence-electron chi connectivity index (χ2n) is 3.11. The topological polar surface area (TPSA) is 74.7 Å². The molecule has 0 aliphatic heterocycles. The second kappa shape index (κ2) is 5.35. The van der Waals surface area contributed by atoms with Gasteiger partial charge < -0.3 is 5.11 Å². The number of aliphatic hydroxyl groups excluding tert-OH is 1. The van der Waals surface area contributed by atoms with Gasteiger partial charge in [0.25, 0.3) is 0 Å². The number of nitriles is 1. The Balaban J connectivity index is 2.56. The summed E-state index contributed by atoms with van der Waals surface area (Å²) in [6.45, 7) is 2.87. The van der Waals surface area contributed by atoms with Gasteiger partial charge in [-0.15, -0.1) is 5.10 Å². The van der Waals surface area contributed by atoms with E-state index in [9.17, 15) is 0 Å². The van der Waals surface area contributed by atoms with Gasteiger partial charge in [0.15, 0.2) is 0 Å². The lowest BCUT2D eigenvalue weighted by Gasteiger charge is -2.01. The second-order valence-corrected chi connectivity index (χ2v) is 3.11. The van der Waals surface area contributed by atoms with Gasteiger partial charge in [-0.3, -0.25) is 0 Å². The fourth-order valence-electron chi connectivity index (χ4n) is 1.22. The first-order valence-corrected chi connectivity index (χ1v) is 4.66. The summed E-state index contributed by atoms with van der Waals surface area (Å²) < 4.78 is 1.78. The SMILES string of the molecule is Cc1c(CC#N)nnn1CCCCO. The van der Waals surface area contributed by atoms with Crippen LogP contribution in [0.15, 0.2) is 0 Å². The van der Waals surface area contributed by atoms with Gasteiger partial charge in [0.05, 0.1) is 23.9 Å². The number of aromatic nitrogens is 3. The Morgan fingerprint density at radius 3 is 2.93 bits per heavy atom. The van der Waals surface area contributed by atoms with Crippen LogP contribution in [0.5, 0.6) is 0 Å². The zero-order valence-electron chi connectivity index (χ0n) is 8.27. The Morgan fingerprint density at radius 1 is 1.50 bits per heavy atom. The number of hydrogen-bond acceptors (Lipinski definition) is 4. The van der Waals surface area contributed by atoms with Gasteiger partial charge in [0.2, 0.25) is 0 Å². The van der Waals surface area contributed by atoms with Crippen molar-refractivity contribution in [3.05, 3.63) is 11.4 Å². The predicted molar refractivity (Wildman–Crippen MR) is 50.4 cm³/mol. The van der Waals surface area contributed by atoms with E-state index in [0.717, 1.165) is 30.8 Å². The molecule has 1 heterocycles. The molecule has 0 saturated heterocycles. The van der Waals surface area contributed by atoms with Gasteiger partial charge in [-0.25, -0.2) is 4.68 Å². The number of hydrogen-bond donors (Lipinski definition) is 1. The van der Waals surface area contributed by atoms with Crippen molar-refractivity contribution in [1.29, 1.82) is 5.26 Å². The highest BCUT2D eigenvalue weighted by Gasteiger charge is 2.06. The minimum Gasteiger partial charge on any atom is -0.396 e. The van der Waals surface area contributed by atoms with Crippen LogP contribution in [0.2, 0.25) is 0 Å². The summed E-state index contributed by atoms with van der Waals surface area (Å²) in [5, 5.41) is 25.0. The molecule has 0 aliphatic carbocycles. The molecule has 0 aromatic carbocycles. The Labute approximate surface area is 83.0 Å². The molecule has 0 radical (unpaired) electrons. The average molecular weight is 194 g/mol. The fourth-order valence-corrected chi connectivity index (χ4v) is 1.22. The Morgan fingerprint density at radius 2 is 2.29 bits per heavy atom. The third kappa shape index (κ3) is 2.54. The first-order chi connectivity index (χ1) is 6.79.